The van der Waals surface area contributed by atoms with Crippen molar-refractivity contribution >= 4 is 32.6 Å². The highest BCUT2D eigenvalue weighted by Gasteiger charge is 2.34. The first kappa shape index (κ1) is 15.2. The minimum atomic E-state index is -4.99. The van der Waals surface area contributed by atoms with E-state index in [1.807, 2.05) is 0 Å². The summed E-state index contributed by atoms with van der Waals surface area (Å²) < 4.78 is 66.9. The summed E-state index contributed by atoms with van der Waals surface area (Å²) in [6.45, 7) is 0. The van der Waals surface area contributed by atoms with E-state index >= 15 is 0 Å². The van der Waals surface area contributed by atoms with Crippen molar-refractivity contribution in [1.82, 2.24) is 4.98 Å². The van der Waals surface area contributed by atoms with Gasteiger partial charge in [-0.1, -0.05) is 0 Å². The van der Waals surface area contributed by atoms with Crippen LogP contribution in [-0.4, -0.2) is 26.9 Å². The summed E-state index contributed by atoms with van der Waals surface area (Å²) in [7, 11) is -3.36. The Kier molecular flexibility index (Phi) is 4.27. The molecule has 6 nitrogen and oxygen atoms in total. The molecular formula is C7H6F3IN2O4S. The topological polar surface area (TPSA) is 91.5 Å². The lowest BCUT2D eigenvalue weighted by molar-refractivity contribution is -0.275. The minimum Gasteiger partial charge on any atom is -0.490 e. The Bertz CT molecular complexity index is 561. The number of pyridine rings is 1. The smallest absolute Gasteiger partial charge is 0.490 e. The van der Waals surface area contributed by atoms with E-state index in [1.165, 1.54) is 22.6 Å². The van der Waals surface area contributed by atoms with Crippen molar-refractivity contribution < 1.29 is 31.1 Å². The quantitative estimate of drug-likeness (QED) is 0.611. The fourth-order valence-electron chi connectivity index (χ4n) is 1.04. The van der Waals surface area contributed by atoms with Gasteiger partial charge in [0.2, 0.25) is 5.03 Å². The number of primary sulfonamides is 1. The van der Waals surface area contributed by atoms with E-state index < -0.39 is 32.9 Å². The molecule has 1 heterocycles. The van der Waals surface area contributed by atoms with Crippen molar-refractivity contribution in [2.24, 2.45) is 5.14 Å². The summed E-state index contributed by atoms with van der Waals surface area (Å²) in [5, 5.41) is 4.00. The first-order chi connectivity index (χ1) is 8.04. The number of aromatic nitrogens is 1. The molecule has 0 unspecified atom stereocenters. The Morgan fingerprint density at radius 2 is 2.00 bits per heavy atom. The summed E-state index contributed by atoms with van der Waals surface area (Å²) in [5.74, 6) is -1.52. The largest absolute Gasteiger partial charge is 0.573 e. The molecule has 0 atom stereocenters. The fourth-order valence-corrected chi connectivity index (χ4v) is 2.40. The van der Waals surface area contributed by atoms with E-state index in [0.29, 0.717) is 0 Å². The van der Waals surface area contributed by atoms with Gasteiger partial charge in [0, 0.05) is 6.07 Å². The monoisotopic (exact) mass is 398 g/mol. The van der Waals surface area contributed by atoms with Gasteiger partial charge < -0.3 is 9.47 Å². The number of nitrogens with zero attached hydrogens (tertiary/aromatic N) is 1. The lowest BCUT2D eigenvalue weighted by Gasteiger charge is -2.14. The third-order valence-corrected chi connectivity index (χ3v) is 2.94. The number of ether oxygens (including phenoxy) is 2. The van der Waals surface area contributed by atoms with Crippen LogP contribution in [-0.2, 0) is 10.0 Å². The average molecular weight is 398 g/mol. The molecule has 1 aromatic rings. The number of hydrogen-bond donors (Lipinski definition) is 1. The number of sulfonamides is 1. The van der Waals surface area contributed by atoms with Gasteiger partial charge >= 0.3 is 6.36 Å². The van der Waals surface area contributed by atoms with Gasteiger partial charge in [0.05, 0.1) is 7.11 Å². The summed E-state index contributed by atoms with van der Waals surface area (Å²) in [6, 6.07) is 0.877. The molecular weight excluding hydrogens is 392 g/mol. The molecule has 0 aliphatic carbocycles. The molecule has 0 saturated carbocycles. The van der Waals surface area contributed by atoms with Crippen LogP contribution < -0.4 is 14.6 Å². The molecule has 0 aliphatic heterocycles. The van der Waals surface area contributed by atoms with Crippen LogP contribution in [0.1, 0.15) is 0 Å². The number of nitrogens with two attached hydrogens (primary N) is 1. The van der Waals surface area contributed by atoms with Gasteiger partial charge in [0.25, 0.3) is 10.0 Å². The van der Waals surface area contributed by atoms with Gasteiger partial charge in [-0.2, -0.15) is 0 Å². The second-order valence-corrected chi connectivity index (χ2v) is 5.46. The van der Waals surface area contributed by atoms with Crippen LogP contribution in [0.2, 0.25) is 0 Å². The summed E-state index contributed by atoms with van der Waals surface area (Å²) >= 11 is 1.52. The van der Waals surface area contributed by atoms with Gasteiger partial charge in [-0.3, -0.25) is 0 Å². The lowest BCUT2D eigenvalue weighted by atomic mass is 10.4. The molecule has 18 heavy (non-hydrogen) atoms. The predicted molar refractivity (Wildman–Crippen MR) is 61.6 cm³/mol. The van der Waals surface area contributed by atoms with Crippen LogP contribution in [0, 0.1) is 3.70 Å². The van der Waals surface area contributed by atoms with E-state index in [0.717, 1.165) is 13.2 Å². The molecule has 0 aromatic carbocycles. The molecule has 2 N–H and O–H groups in total. The third-order valence-electron chi connectivity index (χ3n) is 1.58. The highest BCUT2D eigenvalue weighted by Crippen LogP contribution is 2.36. The van der Waals surface area contributed by atoms with Crippen LogP contribution in [0.5, 0.6) is 11.5 Å². The molecule has 102 valence electrons. The van der Waals surface area contributed by atoms with Crippen LogP contribution in [0.3, 0.4) is 0 Å². The summed E-state index contributed by atoms with van der Waals surface area (Å²) in [6.07, 6.45) is -4.99. The zero-order chi connectivity index (χ0) is 14.1. The number of halogens is 4. The summed E-state index contributed by atoms with van der Waals surface area (Å²) in [5.41, 5.74) is 0. The summed E-state index contributed by atoms with van der Waals surface area (Å²) in [4.78, 5) is 3.51. The number of rotatable bonds is 3. The molecule has 0 spiro atoms. The molecule has 0 bridgehead atoms. The molecule has 11 heteroatoms. The molecule has 0 fully saturated rings. The predicted octanol–water partition coefficient (Wildman–Crippen LogP) is 1.24. The van der Waals surface area contributed by atoms with Crippen molar-refractivity contribution in [2.45, 2.75) is 11.4 Å². The Labute approximate surface area is 113 Å². The molecule has 0 radical (unpaired) electrons. The van der Waals surface area contributed by atoms with Gasteiger partial charge in [0.1, 0.15) is 3.70 Å². The first-order valence-electron chi connectivity index (χ1n) is 4.07. The van der Waals surface area contributed by atoms with Gasteiger partial charge in [-0.25, -0.2) is 18.5 Å². The van der Waals surface area contributed by atoms with E-state index in [1.54, 1.807) is 0 Å². The Morgan fingerprint density at radius 3 is 2.39 bits per heavy atom. The van der Waals surface area contributed by atoms with Gasteiger partial charge in [-0.05, 0) is 22.6 Å². The third kappa shape index (κ3) is 3.84. The van der Waals surface area contributed by atoms with E-state index in [-0.39, 0.29) is 3.70 Å². The standard InChI is InChI=1S/C7H6F3IN2O4S/c1-16-5-3(17-7(8,9)10)2-4(11)13-6(5)18(12,14)15/h2H,1H3,(H2,12,14,15). The maximum Gasteiger partial charge on any atom is 0.573 e. The maximum atomic E-state index is 12.1. The number of alkyl halides is 3. The number of methoxy groups -OCH3 is 1. The van der Waals surface area contributed by atoms with Crippen molar-refractivity contribution in [3.8, 4) is 11.5 Å². The zero-order valence-corrected chi connectivity index (χ0v) is 11.6. The molecule has 1 rings (SSSR count). The Hall–Kier alpha value is -0.820. The fraction of sp³-hybridized carbons (Fsp3) is 0.286. The van der Waals surface area contributed by atoms with Crippen LogP contribution in [0.25, 0.3) is 0 Å². The van der Waals surface area contributed by atoms with E-state index in [2.05, 4.69) is 14.5 Å². The molecule has 0 saturated heterocycles. The second-order valence-electron chi connectivity index (χ2n) is 2.87. The Morgan fingerprint density at radius 1 is 1.44 bits per heavy atom. The van der Waals surface area contributed by atoms with Crippen molar-refractivity contribution in [2.75, 3.05) is 7.11 Å². The zero-order valence-electron chi connectivity index (χ0n) is 8.66. The minimum absolute atomic E-state index is 0.0447. The lowest BCUT2D eigenvalue weighted by Crippen LogP contribution is -2.20. The van der Waals surface area contributed by atoms with Crippen LogP contribution >= 0.6 is 22.6 Å². The normalized spacial score (nSPS) is 12.3. The second kappa shape index (κ2) is 5.05. The molecule has 1 aromatic heterocycles. The Balaban J connectivity index is 3.48. The highest BCUT2D eigenvalue weighted by molar-refractivity contribution is 14.1. The van der Waals surface area contributed by atoms with Crippen molar-refractivity contribution in [3.63, 3.8) is 0 Å². The van der Waals surface area contributed by atoms with Gasteiger partial charge in [0.15, 0.2) is 11.5 Å². The number of hydrogen-bond acceptors (Lipinski definition) is 5. The van der Waals surface area contributed by atoms with Gasteiger partial charge in [-0.15, -0.1) is 13.2 Å². The van der Waals surface area contributed by atoms with Crippen molar-refractivity contribution in [3.05, 3.63) is 9.77 Å². The first-order valence-corrected chi connectivity index (χ1v) is 6.70. The maximum absolute atomic E-state index is 12.1. The van der Waals surface area contributed by atoms with E-state index in [4.69, 9.17) is 5.14 Å². The molecule has 0 amide bonds. The van der Waals surface area contributed by atoms with Crippen molar-refractivity contribution in [1.29, 1.82) is 0 Å². The average Bonchev–Trinajstić information content (AvgIpc) is 2.12. The van der Waals surface area contributed by atoms with Crippen LogP contribution in [0.4, 0.5) is 13.2 Å². The van der Waals surface area contributed by atoms with E-state index in [9.17, 15) is 21.6 Å². The molecule has 0 aliphatic rings. The van der Waals surface area contributed by atoms with Crippen LogP contribution in [0.15, 0.2) is 11.1 Å². The highest BCUT2D eigenvalue weighted by atomic mass is 127. The SMILES string of the molecule is COc1c(OC(F)(F)F)cc(I)nc1S(N)(=O)=O.